The Morgan fingerprint density at radius 2 is 1.91 bits per heavy atom. The standard InChI is InChI=1S/C13H17N4O13P3/c1-2-9(18)13(17-4-3-7-11(14)15-6-16-12(7)17)10(19)8(28-13)5-27-32(23,24)30-33(25,26)29-31(20,21)22/h1,3-4,6,8-10,18-19H,5H2,(H,23,24)(H,25,26)(H2,14,15,16)(H2,20,21,22)/t8-,9+,10-,13-/m1/s1. The van der Waals surface area contributed by atoms with Gasteiger partial charge in [0.25, 0.3) is 0 Å². The zero-order valence-corrected chi connectivity index (χ0v) is 18.7. The fourth-order valence-corrected chi connectivity index (χ4v) is 6.13. The number of nitrogens with zero attached hydrogens (tertiary/aromatic N) is 3. The van der Waals surface area contributed by atoms with Gasteiger partial charge >= 0.3 is 23.5 Å². The largest absolute Gasteiger partial charge is 0.490 e. The van der Waals surface area contributed by atoms with Gasteiger partial charge in [-0.25, -0.2) is 23.7 Å². The van der Waals surface area contributed by atoms with Crippen LogP contribution in [0.2, 0.25) is 0 Å². The fraction of sp³-hybridized carbons (Fsp3) is 0.385. The predicted octanol–water partition coefficient (Wildman–Crippen LogP) is -1.24. The Kier molecular flexibility index (Phi) is 6.91. The molecule has 2 aromatic heterocycles. The molecule has 2 unspecified atom stereocenters. The van der Waals surface area contributed by atoms with Crippen molar-refractivity contribution in [2.24, 2.45) is 0 Å². The Labute approximate surface area is 184 Å². The van der Waals surface area contributed by atoms with E-state index in [1.165, 1.54) is 16.8 Å². The molecule has 33 heavy (non-hydrogen) atoms. The van der Waals surface area contributed by atoms with Gasteiger partial charge in [0.2, 0.25) is 5.72 Å². The quantitative estimate of drug-likeness (QED) is 0.148. The molecule has 3 rings (SSSR count). The first-order chi connectivity index (χ1) is 15.1. The van der Waals surface area contributed by atoms with Crippen LogP contribution in [-0.4, -0.2) is 69.2 Å². The van der Waals surface area contributed by atoms with Gasteiger partial charge in [-0.2, -0.15) is 8.62 Å². The Morgan fingerprint density at radius 3 is 2.48 bits per heavy atom. The number of phosphoric ester groups is 1. The summed E-state index contributed by atoms with van der Waals surface area (Å²) in [5.74, 6) is 2.08. The van der Waals surface area contributed by atoms with Crippen LogP contribution in [0, 0.1) is 12.3 Å². The van der Waals surface area contributed by atoms with Crippen LogP contribution in [0.3, 0.4) is 0 Å². The highest BCUT2D eigenvalue weighted by Crippen LogP contribution is 2.66. The molecule has 182 valence electrons. The SMILES string of the molecule is C#C[C@H](O)[C@@]1(n2ccc3c(N)ncnc32)O[C@H](COP(=O)(O)OP(=O)(O)OP(=O)(O)O)[C@H]1O. The lowest BCUT2D eigenvalue weighted by molar-refractivity contribution is -0.359. The average molecular weight is 530 g/mol. The minimum absolute atomic E-state index is 0.0853. The molecule has 1 fully saturated rings. The van der Waals surface area contributed by atoms with Gasteiger partial charge in [-0.15, -0.1) is 6.42 Å². The van der Waals surface area contributed by atoms with Crippen LogP contribution < -0.4 is 5.73 Å². The topological polar surface area (TPSA) is 266 Å². The number of rotatable bonds is 9. The summed E-state index contributed by atoms with van der Waals surface area (Å²) in [7, 11) is -16.7. The summed E-state index contributed by atoms with van der Waals surface area (Å²) in [6, 6.07) is 1.46. The minimum atomic E-state index is -5.72. The van der Waals surface area contributed by atoms with Crippen molar-refractivity contribution in [2.75, 3.05) is 12.3 Å². The van der Waals surface area contributed by atoms with E-state index < -0.39 is 54.1 Å². The molecule has 1 aliphatic rings. The molecular formula is C13H17N4O13P3. The molecule has 0 amide bonds. The number of phosphoric acid groups is 3. The molecule has 6 atom stereocenters. The number of hydrogen-bond donors (Lipinski definition) is 7. The number of anilines is 1. The summed E-state index contributed by atoms with van der Waals surface area (Å²) in [4.78, 5) is 43.5. The number of fused-ring (bicyclic) bond motifs is 1. The molecule has 1 aliphatic heterocycles. The van der Waals surface area contributed by atoms with Crippen molar-refractivity contribution in [3.63, 3.8) is 0 Å². The summed E-state index contributed by atoms with van der Waals surface area (Å²) >= 11 is 0. The molecular weight excluding hydrogens is 513 g/mol. The second-order valence-corrected chi connectivity index (χ2v) is 10.9. The highest BCUT2D eigenvalue weighted by atomic mass is 31.3. The number of aromatic nitrogens is 3. The van der Waals surface area contributed by atoms with E-state index in [1.54, 1.807) is 0 Å². The average Bonchev–Trinajstić information content (AvgIpc) is 3.09. The molecule has 2 aromatic rings. The van der Waals surface area contributed by atoms with Crippen molar-refractivity contribution in [1.82, 2.24) is 14.5 Å². The number of hydrogen-bond acceptors (Lipinski definition) is 12. The van der Waals surface area contributed by atoms with Gasteiger partial charge in [0.15, 0.2) is 6.10 Å². The third kappa shape index (κ3) is 5.19. The van der Waals surface area contributed by atoms with Gasteiger partial charge in [-0.3, -0.25) is 9.09 Å². The summed E-state index contributed by atoms with van der Waals surface area (Å²) < 4.78 is 52.2. The highest BCUT2D eigenvalue weighted by molar-refractivity contribution is 7.66. The van der Waals surface area contributed by atoms with Gasteiger partial charge in [-0.05, 0) is 6.07 Å². The third-order valence-electron chi connectivity index (χ3n) is 4.37. The van der Waals surface area contributed by atoms with Gasteiger partial charge in [0, 0.05) is 6.20 Å². The molecule has 0 aliphatic carbocycles. The zero-order chi connectivity index (χ0) is 24.8. The van der Waals surface area contributed by atoms with E-state index in [9.17, 15) is 28.8 Å². The number of aliphatic hydroxyl groups excluding tert-OH is 2. The maximum atomic E-state index is 11.8. The Balaban J connectivity index is 1.77. The number of ether oxygens (including phenoxy) is 1. The van der Waals surface area contributed by atoms with Crippen LogP contribution >= 0.6 is 23.5 Å². The normalized spacial score (nSPS) is 27.8. The van der Waals surface area contributed by atoms with Crippen LogP contribution in [0.1, 0.15) is 0 Å². The second kappa shape index (κ2) is 8.81. The number of nitrogen functional groups attached to an aromatic ring is 1. The van der Waals surface area contributed by atoms with E-state index in [2.05, 4.69) is 23.1 Å². The monoisotopic (exact) mass is 530 g/mol. The van der Waals surface area contributed by atoms with Crippen molar-refractivity contribution in [3.05, 3.63) is 18.6 Å². The molecule has 8 N–H and O–H groups in total. The molecule has 0 saturated carbocycles. The van der Waals surface area contributed by atoms with Crippen molar-refractivity contribution in [1.29, 1.82) is 0 Å². The molecule has 17 nitrogen and oxygen atoms in total. The second-order valence-electron chi connectivity index (χ2n) is 6.49. The summed E-state index contributed by atoms with van der Waals surface area (Å²) in [5, 5.41) is 21.4. The molecule has 0 radical (unpaired) electrons. The summed E-state index contributed by atoms with van der Waals surface area (Å²) in [5.41, 5.74) is 3.86. The van der Waals surface area contributed by atoms with Gasteiger partial charge in [-0.1, -0.05) is 5.92 Å². The van der Waals surface area contributed by atoms with Crippen molar-refractivity contribution in [3.8, 4) is 12.3 Å². The van der Waals surface area contributed by atoms with Gasteiger partial charge < -0.3 is 40.3 Å². The van der Waals surface area contributed by atoms with Crippen LogP contribution in [-0.2, 0) is 37.3 Å². The van der Waals surface area contributed by atoms with Gasteiger partial charge in [0.05, 0.1) is 12.0 Å². The van der Waals surface area contributed by atoms with Crippen molar-refractivity contribution >= 4 is 40.3 Å². The first kappa shape index (κ1) is 25.9. The Morgan fingerprint density at radius 1 is 1.24 bits per heavy atom. The summed E-state index contributed by atoms with van der Waals surface area (Å²) in [6.07, 6.45) is 2.85. The molecule has 20 heteroatoms. The first-order valence-electron chi connectivity index (χ1n) is 8.48. The van der Waals surface area contributed by atoms with E-state index in [4.69, 9.17) is 31.6 Å². The molecule has 0 spiro atoms. The lowest BCUT2D eigenvalue weighted by Crippen LogP contribution is -2.71. The molecule has 3 heterocycles. The molecule has 0 bridgehead atoms. The van der Waals surface area contributed by atoms with E-state index in [-0.39, 0.29) is 11.5 Å². The van der Waals surface area contributed by atoms with E-state index in [0.717, 1.165) is 6.33 Å². The Hall–Kier alpha value is -1.73. The first-order valence-corrected chi connectivity index (χ1v) is 13.0. The molecule has 1 saturated heterocycles. The lowest BCUT2D eigenvalue weighted by atomic mass is 9.88. The van der Waals surface area contributed by atoms with Crippen LogP contribution in [0.25, 0.3) is 11.0 Å². The molecule has 0 aromatic carbocycles. The van der Waals surface area contributed by atoms with E-state index >= 15 is 0 Å². The highest BCUT2D eigenvalue weighted by Gasteiger charge is 2.62. The van der Waals surface area contributed by atoms with Crippen LogP contribution in [0.5, 0.6) is 0 Å². The van der Waals surface area contributed by atoms with Crippen molar-refractivity contribution in [2.45, 2.75) is 24.0 Å². The predicted molar refractivity (Wildman–Crippen MR) is 105 cm³/mol. The maximum absolute atomic E-state index is 11.8. The van der Waals surface area contributed by atoms with Crippen molar-refractivity contribution < 1.29 is 61.4 Å². The van der Waals surface area contributed by atoms with Crippen LogP contribution in [0.4, 0.5) is 5.82 Å². The summed E-state index contributed by atoms with van der Waals surface area (Å²) in [6.45, 7) is -0.958. The number of aliphatic hydroxyl groups is 2. The number of nitrogens with two attached hydrogens (primary N) is 1. The third-order valence-corrected chi connectivity index (χ3v) is 8.17. The lowest BCUT2D eigenvalue weighted by Gasteiger charge is -2.53. The maximum Gasteiger partial charge on any atom is 0.490 e. The van der Waals surface area contributed by atoms with E-state index in [1.807, 2.05) is 5.92 Å². The smallest absolute Gasteiger partial charge is 0.385 e. The van der Waals surface area contributed by atoms with Crippen LogP contribution in [0.15, 0.2) is 18.6 Å². The Bertz CT molecular complexity index is 1240. The minimum Gasteiger partial charge on any atom is -0.385 e. The number of terminal acetylenes is 1. The fourth-order valence-electron chi connectivity index (χ4n) is 3.10. The van der Waals surface area contributed by atoms with E-state index in [0.29, 0.717) is 5.39 Å². The van der Waals surface area contributed by atoms with Gasteiger partial charge in [0.1, 0.15) is 30.0 Å². The zero-order valence-electron chi connectivity index (χ0n) is 16.1.